The van der Waals surface area contributed by atoms with Gasteiger partial charge in [0.15, 0.2) is 0 Å². The first-order chi connectivity index (χ1) is 10.7. The first-order valence-electron chi connectivity index (χ1n) is 7.58. The molecule has 0 saturated carbocycles. The maximum Gasteiger partial charge on any atom is 0.253 e. The van der Waals surface area contributed by atoms with Crippen LogP contribution >= 0.6 is 0 Å². The highest BCUT2D eigenvalue weighted by Gasteiger charge is 2.23. The van der Waals surface area contributed by atoms with E-state index in [1.54, 1.807) is 26.8 Å². The fraction of sp³-hybridized carbons (Fsp3) is 0.438. The van der Waals surface area contributed by atoms with E-state index in [4.69, 9.17) is 0 Å². The van der Waals surface area contributed by atoms with Gasteiger partial charge in [0.1, 0.15) is 0 Å². The van der Waals surface area contributed by atoms with Crippen molar-refractivity contribution in [2.45, 2.75) is 12.8 Å². The molecule has 2 aliphatic heterocycles. The molecule has 0 atom stereocenters. The third kappa shape index (κ3) is 2.81. The molecule has 0 N–H and O–H groups in total. The van der Waals surface area contributed by atoms with Crippen LogP contribution < -0.4 is 4.90 Å². The summed E-state index contributed by atoms with van der Waals surface area (Å²) in [7, 11) is 0. The summed E-state index contributed by atoms with van der Waals surface area (Å²) in [6.45, 7) is 3.03. The topological polar surface area (TPSA) is 60.9 Å². The van der Waals surface area contributed by atoms with Gasteiger partial charge < -0.3 is 14.7 Å². The molecule has 0 bridgehead atoms. The van der Waals surface area contributed by atoms with E-state index in [1.165, 1.54) is 0 Å². The molecule has 6 nitrogen and oxygen atoms in total. The van der Waals surface area contributed by atoms with E-state index in [2.05, 4.69) is 0 Å². The number of carbonyl (C=O) groups is 3. The van der Waals surface area contributed by atoms with Crippen molar-refractivity contribution in [3.63, 3.8) is 0 Å². The lowest BCUT2D eigenvalue weighted by atomic mass is 10.1. The van der Waals surface area contributed by atoms with Crippen LogP contribution in [0.1, 0.15) is 23.2 Å². The third-order valence-corrected chi connectivity index (χ3v) is 4.25. The van der Waals surface area contributed by atoms with Crippen LogP contribution in [-0.4, -0.2) is 60.7 Å². The summed E-state index contributed by atoms with van der Waals surface area (Å²) in [6, 6.07) is 7.21. The van der Waals surface area contributed by atoms with Gasteiger partial charge in [0.05, 0.1) is 0 Å². The zero-order valence-corrected chi connectivity index (χ0v) is 12.4. The Morgan fingerprint density at radius 1 is 1.00 bits per heavy atom. The van der Waals surface area contributed by atoms with Gasteiger partial charge in [-0.2, -0.15) is 0 Å². The zero-order valence-electron chi connectivity index (χ0n) is 12.4. The van der Waals surface area contributed by atoms with Gasteiger partial charge in [-0.25, -0.2) is 0 Å². The molecule has 0 spiro atoms. The number of hydrogen-bond acceptors (Lipinski definition) is 3. The van der Waals surface area contributed by atoms with Gasteiger partial charge in [0, 0.05) is 50.4 Å². The van der Waals surface area contributed by atoms with Gasteiger partial charge in [-0.05, 0) is 30.7 Å². The molecular weight excluding hydrogens is 282 g/mol. The van der Waals surface area contributed by atoms with Crippen molar-refractivity contribution in [3.8, 4) is 0 Å². The molecule has 0 unspecified atom stereocenters. The van der Waals surface area contributed by atoms with Gasteiger partial charge in [0.25, 0.3) is 5.91 Å². The summed E-state index contributed by atoms with van der Waals surface area (Å²) in [4.78, 5) is 40.0. The second-order valence-electron chi connectivity index (χ2n) is 5.63. The van der Waals surface area contributed by atoms with Crippen molar-refractivity contribution in [2.24, 2.45) is 0 Å². The number of nitrogens with zero attached hydrogens (tertiary/aromatic N) is 3. The Hall–Kier alpha value is -2.37. The van der Waals surface area contributed by atoms with Gasteiger partial charge in [-0.1, -0.05) is 0 Å². The summed E-state index contributed by atoms with van der Waals surface area (Å²) < 4.78 is 0. The average Bonchev–Trinajstić information content (AvgIpc) is 3.00. The fourth-order valence-electron chi connectivity index (χ4n) is 2.92. The van der Waals surface area contributed by atoms with E-state index in [1.807, 2.05) is 12.1 Å². The maximum atomic E-state index is 12.4. The van der Waals surface area contributed by atoms with Crippen molar-refractivity contribution >= 4 is 23.9 Å². The first kappa shape index (κ1) is 14.6. The number of benzene rings is 1. The number of anilines is 1. The van der Waals surface area contributed by atoms with Crippen LogP contribution in [0.4, 0.5) is 5.69 Å². The van der Waals surface area contributed by atoms with Crippen LogP contribution in [0, 0.1) is 0 Å². The Balaban J connectivity index is 1.66. The van der Waals surface area contributed by atoms with E-state index in [0.29, 0.717) is 38.2 Å². The zero-order chi connectivity index (χ0) is 15.5. The second kappa shape index (κ2) is 6.17. The quantitative estimate of drug-likeness (QED) is 0.773. The number of carbonyl (C=O) groups excluding carboxylic acids is 3. The standard InChI is InChI=1S/C16H19N3O3/c20-12-17-8-10-18(11-9-17)16(22)13-3-5-14(6-4-13)19-7-1-2-15(19)21/h3-6,12H,1-2,7-11H2. The molecule has 6 heteroatoms. The van der Waals surface area contributed by atoms with Crippen LogP contribution in [0.3, 0.4) is 0 Å². The summed E-state index contributed by atoms with van der Waals surface area (Å²) in [5, 5.41) is 0. The Kier molecular flexibility index (Phi) is 4.09. The van der Waals surface area contributed by atoms with E-state index < -0.39 is 0 Å². The minimum absolute atomic E-state index is 0.0233. The molecule has 2 saturated heterocycles. The number of piperazine rings is 1. The summed E-state index contributed by atoms with van der Waals surface area (Å²) in [5.41, 5.74) is 1.47. The highest BCUT2D eigenvalue weighted by molar-refractivity contribution is 5.97. The molecule has 3 amide bonds. The highest BCUT2D eigenvalue weighted by atomic mass is 16.2. The van der Waals surface area contributed by atoms with Crippen molar-refractivity contribution in [1.82, 2.24) is 9.80 Å². The summed E-state index contributed by atoms with van der Waals surface area (Å²) in [6.07, 6.45) is 2.31. The minimum Gasteiger partial charge on any atom is -0.342 e. The second-order valence-corrected chi connectivity index (χ2v) is 5.63. The molecule has 22 heavy (non-hydrogen) atoms. The molecule has 0 aliphatic carbocycles. The Morgan fingerprint density at radius 2 is 1.68 bits per heavy atom. The Labute approximate surface area is 129 Å². The predicted octanol–water partition coefficient (Wildman–Crippen LogP) is 0.728. The molecule has 3 rings (SSSR count). The summed E-state index contributed by atoms with van der Waals surface area (Å²) in [5.74, 6) is 0.119. The van der Waals surface area contributed by atoms with Crippen molar-refractivity contribution in [2.75, 3.05) is 37.6 Å². The normalized spacial score (nSPS) is 18.7. The largest absolute Gasteiger partial charge is 0.342 e. The van der Waals surface area contributed by atoms with Crippen LogP contribution in [0.5, 0.6) is 0 Å². The lowest BCUT2D eigenvalue weighted by Crippen LogP contribution is -2.48. The summed E-state index contributed by atoms with van der Waals surface area (Å²) >= 11 is 0. The highest BCUT2D eigenvalue weighted by Crippen LogP contribution is 2.22. The van der Waals surface area contributed by atoms with Crippen LogP contribution in [0.2, 0.25) is 0 Å². The van der Waals surface area contributed by atoms with Crippen LogP contribution in [0.25, 0.3) is 0 Å². The van der Waals surface area contributed by atoms with Gasteiger partial charge in [-0.3, -0.25) is 14.4 Å². The Bertz CT molecular complexity index is 577. The monoisotopic (exact) mass is 301 g/mol. The van der Waals surface area contributed by atoms with Gasteiger partial charge in [0.2, 0.25) is 12.3 Å². The van der Waals surface area contributed by atoms with Gasteiger partial charge >= 0.3 is 0 Å². The molecular formula is C16H19N3O3. The van der Waals surface area contributed by atoms with Crippen LogP contribution in [0.15, 0.2) is 24.3 Å². The molecule has 2 fully saturated rings. The van der Waals surface area contributed by atoms with E-state index in [9.17, 15) is 14.4 Å². The van der Waals surface area contributed by atoms with E-state index in [0.717, 1.165) is 25.1 Å². The fourth-order valence-corrected chi connectivity index (χ4v) is 2.92. The molecule has 0 aromatic heterocycles. The van der Waals surface area contributed by atoms with E-state index >= 15 is 0 Å². The van der Waals surface area contributed by atoms with Gasteiger partial charge in [-0.15, -0.1) is 0 Å². The third-order valence-electron chi connectivity index (χ3n) is 4.25. The molecule has 116 valence electrons. The molecule has 0 radical (unpaired) electrons. The molecule has 2 aliphatic rings. The van der Waals surface area contributed by atoms with Crippen molar-refractivity contribution in [3.05, 3.63) is 29.8 Å². The van der Waals surface area contributed by atoms with Crippen LogP contribution in [-0.2, 0) is 9.59 Å². The smallest absolute Gasteiger partial charge is 0.253 e. The molecule has 1 aromatic carbocycles. The SMILES string of the molecule is O=CN1CCN(C(=O)c2ccc(N3CCCC3=O)cc2)CC1. The minimum atomic E-state index is -0.0233. The number of amides is 3. The maximum absolute atomic E-state index is 12.4. The lowest BCUT2D eigenvalue weighted by Gasteiger charge is -2.32. The Morgan fingerprint density at radius 3 is 2.23 bits per heavy atom. The molecule has 1 aromatic rings. The number of hydrogen-bond donors (Lipinski definition) is 0. The average molecular weight is 301 g/mol. The molecule has 2 heterocycles. The van der Waals surface area contributed by atoms with Crippen molar-refractivity contribution < 1.29 is 14.4 Å². The van der Waals surface area contributed by atoms with Crippen molar-refractivity contribution in [1.29, 1.82) is 0 Å². The lowest BCUT2D eigenvalue weighted by molar-refractivity contribution is -0.119. The predicted molar refractivity (Wildman–Crippen MR) is 81.6 cm³/mol. The number of rotatable bonds is 3. The van der Waals surface area contributed by atoms with E-state index in [-0.39, 0.29) is 11.8 Å². The first-order valence-corrected chi connectivity index (χ1v) is 7.58.